The summed E-state index contributed by atoms with van der Waals surface area (Å²) in [4.78, 5) is 26.6. The highest BCUT2D eigenvalue weighted by Gasteiger charge is 2.24. The van der Waals surface area contributed by atoms with E-state index in [2.05, 4.69) is 5.32 Å². The molecule has 1 saturated heterocycles. The number of hydrogen-bond donors (Lipinski definition) is 1. The van der Waals surface area contributed by atoms with E-state index in [1.165, 1.54) is 12.1 Å². The molecule has 7 heteroatoms. The number of hydrogen-bond acceptors (Lipinski definition) is 5. The van der Waals surface area contributed by atoms with Gasteiger partial charge in [-0.1, -0.05) is 18.2 Å². The van der Waals surface area contributed by atoms with Gasteiger partial charge in [-0.05, 0) is 43.7 Å². The first-order valence-electron chi connectivity index (χ1n) is 9.90. The number of carbonyl (C=O) groups excluding carboxylic acids is 1. The number of benzene rings is 2. The zero-order chi connectivity index (χ0) is 21.3. The highest BCUT2D eigenvalue weighted by Crippen LogP contribution is 2.24. The first kappa shape index (κ1) is 20.1. The van der Waals surface area contributed by atoms with E-state index in [0.29, 0.717) is 35.3 Å². The first-order valence-corrected chi connectivity index (χ1v) is 9.90. The Morgan fingerprint density at radius 1 is 1.13 bits per heavy atom. The van der Waals surface area contributed by atoms with E-state index in [1.807, 2.05) is 18.7 Å². The van der Waals surface area contributed by atoms with Gasteiger partial charge in [0.05, 0.1) is 23.3 Å². The highest BCUT2D eigenvalue weighted by atomic mass is 19.1. The largest absolute Gasteiger partial charge is 0.451 e. The number of halogens is 1. The lowest BCUT2D eigenvalue weighted by Crippen LogP contribution is -2.45. The van der Waals surface area contributed by atoms with Crippen molar-refractivity contribution in [3.8, 4) is 0 Å². The van der Waals surface area contributed by atoms with E-state index >= 15 is 0 Å². The third-order valence-electron chi connectivity index (χ3n) is 5.08. The second-order valence-electron chi connectivity index (χ2n) is 7.60. The van der Waals surface area contributed by atoms with Crippen LogP contribution in [0.4, 0.5) is 10.1 Å². The maximum Gasteiger partial charge on any atom is 0.287 e. The average Bonchev–Trinajstić information content (AvgIpc) is 2.71. The summed E-state index contributed by atoms with van der Waals surface area (Å²) < 4.78 is 25.9. The van der Waals surface area contributed by atoms with Crippen molar-refractivity contribution in [2.24, 2.45) is 0 Å². The second kappa shape index (κ2) is 8.28. The number of morpholine rings is 1. The molecule has 6 nitrogen and oxygen atoms in total. The lowest BCUT2D eigenvalue weighted by atomic mass is 10.1. The second-order valence-corrected chi connectivity index (χ2v) is 7.60. The van der Waals surface area contributed by atoms with Crippen LogP contribution in [-0.4, -0.2) is 31.2 Å². The van der Waals surface area contributed by atoms with Crippen LogP contribution in [0.3, 0.4) is 0 Å². The van der Waals surface area contributed by atoms with Gasteiger partial charge in [0.15, 0.2) is 11.2 Å². The average molecular weight is 410 g/mol. The van der Waals surface area contributed by atoms with Crippen LogP contribution in [0, 0.1) is 5.82 Å². The van der Waals surface area contributed by atoms with Crippen molar-refractivity contribution in [1.29, 1.82) is 0 Å². The Morgan fingerprint density at radius 3 is 2.60 bits per heavy atom. The van der Waals surface area contributed by atoms with Crippen molar-refractivity contribution in [1.82, 2.24) is 5.32 Å². The minimum atomic E-state index is -0.529. The maximum absolute atomic E-state index is 14.7. The summed E-state index contributed by atoms with van der Waals surface area (Å²) in [6, 6.07) is 12.8. The number of ether oxygens (including phenoxy) is 1. The molecule has 2 unspecified atom stereocenters. The fourth-order valence-electron chi connectivity index (χ4n) is 3.78. The number of fused-ring (bicyclic) bond motifs is 1. The van der Waals surface area contributed by atoms with E-state index in [4.69, 9.17) is 9.15 Å². The molecule has 1 N–H and O–H groups in total. The molecule has 0 saturated carbocycles. The van der Waals surface area contributed by atoms with Gasteiger partial charge in [-0.2, -0.15) is 0 Å². The van der Waals surface area contributed by atoms with Gasteiger partial charge in [-0.25, -0.2) is 4.39 Å². The molecule has 2 heterocycles. The summed E-state index contributed by atoms with van der Waals surface area (Å²) >= 11 is 0. The Hall–Kier alpha value is -3.19. The molecule has 1 amide bonds. The number of amides is 1. The fourth-order valence-corrected chi connectivity index (χ4v) is 3.78. The Balaban J connectivity index is 1.46. The topological polar surface area (TPSA) is 71.8 Å². The van der Waals surface area contributed by atoms with Gasteiger partial charge >= 0.3 is 0 Å². The van der Waals surface area contributed by atoms with Gasteiger partial charge in [0.2, 0.25) is 0 Å². The summed E-state index contributed by atoms with van der Waals surface area (Å²) in [5.41, 5.74) is 1.19. The van der Waals surface area contributed by atoms with Gasteiger partial charge < -0.3 is 19.4 Å². The molecule has 1 fully saturated rings. The molecular formula is C23H23FN2O4. The third kappa shape index (κ3) is 4.21. The van der Waals surface area contributed by atoms with E-state index in [-0.39, 0.29) is 35.8 Å². The number of anilines is 1. The Labute approximate surface area is 173 Å². The quantitative estimate of drug-likeness (QED) is 0.713. The molecule has 0 radical (unpaired) electrons. The van der Waals surface area contributed by atoms with Crippen LogP contribution in [0.2, 0.25) is 0 Å². The van der Waals surface area contributed by atoms with Gasteiger partial charge in [0.1, 0.15) is 11.4 Å². The molecule has 1 aliphatic rings. The lowest BCUT2D eigenvalue weighted by Gasteiger charge is -2.37. The SMILES string of the molecule is CC1CN(c2ccc(CNC(=O)c3cc(=O)c4ccccc4o3)cc2F)CC(C)O1. The van der Waals surface area contributed by atoms with Crippen LogP contribution < -0.4 is 15.6 Å². The van der Waals surface area contributed by atoms with Crippen molar-refractivity contribution in [3.63, 3.8) is 0 Å². The molecule has 0 bridgehead atoms. The monoisotopic (exact) mass is 410 g/mol. The molecule has 156 valence electrons. The molecule has 0 spiro atoms. The summed E-state index contributed by atoms with van der Waals surface area (Å²) in [5, 5.41) is 3.09. The molecule has 30 heavy (non-hydrogen) atoms. The van der Waals surface area contributed by atoms with E-state index in [0.717, 1.165) is 0 Å². The van der Waals surface area contributed by atoms with Crippen molar-refractivity contribution in [3.05, 3.63) is 75.9 Å². The Bertz CT molecular complexity index is 1130. The molecule has 3 aromatic rings. The zero-order valence-electron chi connectivity index (χ0n) is 16.9. The molecule has 4 rings (SSSR count). The molecule has 1 aromatic heterocycles. The van der Waals surface area contributed by atoms with Gasteiger partial charge in [0, 0.05) is 25.7 Å². The van der Waals surface area contributed by atoms with Crippen LogP contribution >= 0.6 is 0 Å². The Morgan fingerprint density at radius 2 is 1.87 bits per heavy atom. The Kier molecular flexibility index (Phi) is 5.55. The van der Waals surface area contributed by atoms with Crippen molar-refractivity contribution >= 4 is 22.6 Å². The number of nitrogens with one attached hydrogen (secondary N) is 1. The number of carbonyl (C=O) groups is 1. The van der Waals surface area contributed by atoms with Gasteiger partial charge in [-0.3, -0.25) is 9.59 Å². The van der Waals surface area contributed by atoms with Crippen LogP contribution in [0.25, 0.3) is 11.0 Å². The first-order chi connectivity index (χ1) is 14.4. The maximum atomic E-state index is 14.7. The predicted molar refractivity (Wildman–Crippen MR) is 112 cm³/mol. The highest BCUT2D eigenvalue weighted by molar-refractivity contribution is 5.93. The number of para-hydroxylation sites is 1. The van der Waals surface area contributed by atoms with Crippen molar-refractivity contribution in [2.75, 3.05) is 18.0 Å². The molecule has 0 aliphatic carbocycles. The summed E-state index contributed by atoms with van der Waals surface area (Å²) in [6.45, 7) is 5.30. The minimum absolute atomic E-state index is 0.0312. The predicted octanol–water partition coefficient (Wildman–Crippen LogP) is 3.48. The van der Waals surface area contributed by atoms with Gasteiger partial charge in [-0.15, -0.1) is 0 Å². The fraction of sp³-hybridized carbons (Fsp3) is 0.304. The summed E-state index contributed by atoms with van der Waals surface area (Å²) in [6.07, 6.45) is 0.0625. The number of nitrogens with zero attached hydrogens (tertiary/aromatic N) is 1. The lowest BCUT2D eigenvalue weighted by molar-refractivity contribution is -0.00539. The van der Waals surface area contributed by atoms with Crippen molar-refractivity contribution in [2.45, 2.75) is 32.6 Å². The van der Waals surface area contributed by atoms with Crippen LogP contribution in [-0.2, 0) is 11.3 Å². The van der Waals surface area contributed by atoms with Crippen molar-refractivity contribution < 1.29 is 18.3 Å². The molecule has 2 aromatic carbocycles. The smallest absolute Gasteiger partial charge is 0.287 e. The number of rotatable bonds is 4. The zero-order valence-corrected chi connectivity index (χ0v) is 16.9. The van der Waals surface area contributed by atoms with Crippen LogP contribution in [0.15, 0.2) is 57.7 Å². The third-order valence-corrected chi connectivity index (χ3v) is 5.08. The normalized spacial score (nSPS) is 19.1. The molecular weight excluding hydrogens is 387 g/mol. The minimum Gasteiger partial charge on any atom is -0.451 e. The standard InChI is InChI=1S/C23H23FN2O4/c1-14-12-26(13-15(2)29-14)19-8-7-16(9-18(19)24)11-25-23(28)22-10-20(27)17-5-3-4-6-21(17)30-22/h3-10,14-15H,11-13H2,1-2H3,(H,25,28). The summed E-state index contributed by atoms with van der Waals surface area (Å²) in [5.74, 6) is -0.953. The summed E-state index contributed by atoms with van der Waals surface area (Å²) in [7, 11) is 0. The van der Waals surface area contributed by atoms with Gasteiger partial charge in [0.25, 0.3) is 5.91 Å². The van der Waals surface area contributed by atoms with E-state index in [1.54, 1.807) is 36.4 Å². The van der Waals surface area contributed by atoms with Crippen LogP contribution in [0.5, 0.6) is 0 Å². The van der Waals surface area contributed by atoms with Crippen LogP contribution in [0.1, 0.15) is 30.0 Å². The molecule has 2 atom stereocenters. The molecule has 1 aliphatic heterocycles. The van der Waals surface area contributed by atoms with E-state index < -0.39 is 5.91 Å². The van der Waals surface area contributed by atoms with E-state index in [9.17, 15) is 14.0 Å².